The van der Waals surface area contributed by atoms with Gasteiger partial charge >= 0.3 is 0 Å². The lowest BCUT2D eigenvalue weighted by molar-refractivity contribution is 0.792. The highest BCUT2D eigenvalue weighted by atomic mass is 15.0. The first-order valence-corrected chi connectivity index (χ1v) is 32.1. The molecule has 20 rings (SSSR count). The van der Waals surface area contributed by atoms with Gasteiger partial charge in [0.25, 0.3) is 0 Å². The largest absolute Gasteiger partial charge is 0.309 e. The fraction of sp³-hybridized carbons (Fsp3) is 0.0222. The topological polar surface area (TPSA) is 9.86 Å². The Labute approximate surface area is 533 Å². The Morgan fingerprint density at radius 2 is 0.478 bits per heavy atom. The molecular formula is C90H56N2. The number of aromatic nitrogens is 2. The molecule has 14 aromatic carbocycles. The van der Waals surface area contributed by atoms with Gasteiger partial charge in [-0.1, -0.05) is 255 Å². The van der Waals surface area contributed by atoms with Crippen LogP contribution in [0.3, 0.4) is 0 Å². The van der Waals surface area contributed by atoms with Crippen molar-refractivity contribution >= 4 is 67.9 Å². The van der Waals surface area contributed by atoms with Crippen molar-refractivity contribution < 1.29 is 0 Å². The molecular weight excluding hydrogens is 1110 g/mol. The van der Waals surface area contributed by atoms with E-state index >= 15 is 0 Å². The fourth-order valence-corrected chi connectivity index (χ4v) is 17.2. The normalized spacial score (nSPS) is 14.0. The highest BCUT2D eigenvalue weighted by molar-refractivity contribution is 6.11. The molecule has 426 valence electrons. The number of nitrogens with zero attached hydrogens (tertiary/aromatic N) is 2. The van der Waals surface area contributed by atoms with Gasteiger partial charge in [-0.15, -0.1) is 0 Å². The SMILES string of the molecule is C(=C\c1ccc2c(c1)c1ccccc1n2-c1ccccc1)/c1ccc2c(c1)C1(c3ccccc3-c3ccccc31)c1cc(-c3ccc4c(c3)C3(c5ccccc5-c5ccccc53)c3cc(/C=C/c5ccc6c(c5)c5ccccc5n6-c5ccccc5)ccc3-4)ccc1-2. The van der Waals surface area contributed by atoms with E-state index in [0.29, 0.717) is 0 Å². The van der Waals surface area contributed by atoms with E-state index in [9.17, 15) is 0 Å². The van der Waals surface area contributed by atoms with Crippen molar-refractivity contribution in [2.24, 2.45) is 0 Å². The lowest BCUT2D eigenvalue weighted by atomic mass is 9.69. The van der Waals surface area contributed by atoms with Gasteiger partial charge in [0.15, 0.2) is 0 Å². The van der Waals surface area contributed by atoms with Gasteiger partial charge in [-0.25, -0.2) is 0 Å². The van der Waals surface area contributed by atoms with Gasteiger partial charge in [0.05, 0.1) is 32.9 Å². The molecule has 0 amide bonds. The third-order valence-corrected chi connectivity index (χ3v) is 20.9. The van der Waals surface area contributed by atoms with E-state index < -0.39 is 10.8 Å². The van der Waals surface area contributed by atoms with Crippen LogP contribution in [0.5, 0.6) is 0 Å². The van der Waals surface area contributed by atoms with E-state index in [2.05, 4.69) is 349 Å². The molecule has 0 saturated carbocycles. The molecule has 0 bridgehead atoms. The van der Waals surface area contributed by atoms with Crippen LogP contribution in [-0.4, -0.2) is 9.13 Å². The molecule has 0 saturated heterocycles. The predicted molar refractivity (Wildman–Crippen MR) is 384 cm³/mol. The first-order chi connectivity index (χ1) is 45.6. The summed E-state index contributed by atoms with van der Waals surface area (Å²) in [6, 6.07) is 119. The Morgan fingerprint density at radius 1 is 0.196 bits per heavy atom. The molecule has 0 unspecified atom stereocenters. The second-order valence-electron chi connectivity index (χ2n) is 25.4. The molecule has 4 aliphatic carbocycles. The summed E-state index contributed by atoms with van der Waals surface area (Å²) in [5, 5.41) is 5.00. The third kappa shape index (κ3) is 6.98. The summed E-state index contributed by atoms with van der Waals surface area (Å²) in [6.45, 7) is 0. The van der Waals surface area contributed by atoms with Gasteiger partial charge < -0.3 is 9.13 Å². The summed E-state index contributed by atoms with van der Waals surface area (Å²) in [4.78, 5) is 0. The van der Waals surface area contributed by atoms with Crippen molar-refractivity contribution in [1.29, 1.82) is 0 Å². The monoisotopic (exact) mass is 1160 g/mol. The molecule has 92 heavy (non-hydrogen) atoms. The van der Waals surface area contributed by atoms with Crippen LogP contribution in [0.2, 0.25) is 0 Å². The minimum Gasteiger partial charge on any atom is -0.309 e. The first kappa shape index (κ1) is 51.1. The van der Waals surface area contributed by atoms with Crippen molar-refractivity contribution in [3.63, 3.8) is 0 Å². The Kier molecular flexibility index (Phi) is 10.7. The van der Waals surface area contributed by atoms with Crippen molar-refractivity contribution in [3.05, 3.63) is 382 Å². The average Bonchev–Trinajstić information content (AvgIpc) is 1.52. The minimum absolute atomic E-state index is 0.538. The fourth-order valence-electron chi connectivity index (χ4n) is 17.2. The van der Waals surface area contributed by atoms with Gasteiger partial charge in [-0.05, 0) is 207 Å². The van der Waals surface area contributed by atoms with E-state index in [1.54, 1.807) is 0 Å². The second kappa shape index (κ2) is 19.3. The maximum absolute atomic E-state index is 2.55. The second-order valence-corrected chi connectivity index (χ2v) is 25.4. The van der Waals surface area contributed by atoms with Crippen LogP contribution < -0.4 is 0 Å². The Bertz CT molecular complexity index is 5430. The molecule has 0 aliphatic heterocycles. The Hall–Kier alpha value is -11.8. The van der Waals surface area contributed by atoms with Crippen molar-refractivity contribution in [2.75, 3.05) is 0 Å². The van der Waals surface area contributed by atoms with Crippen LogP contribution >= 0.6 is 0 Å². The van der Waals surface area contributed by atoms with Crippen LogP contribution in [-0.2, 0) is 10.8 Å². The quantitative estimate of drug-likeness (QED) is 0.141. The summed E-state index contributed by atoms with van der Waals surface area (Å²) in [7, 11) is 0. The molecule has 2 heterocycles. The van der Waals surface area contributed by atoms with E-state index in [0.717, 1.165) is 0 Å². The smallest absolute Gasteiger partial charge is 0.0725 e. The number of benzene rings is 14. The highest BCUT2D eigenvalue weighted by Gasteiger charge is 2.53. The average molecular weight is 1170 g/mol. The lowest BCUT2D eigenvalue weighted by Crippen LogP contribution is -2.26. The summed E-state index contributed by atoms with van der Waals surface area (Å²) in [6.07, 6.45) is 9.23. The van der Waals surface area contributed by atoms with E-state index in [4.69, 9.17) is 0 Å². The van der Waals surface area contributed by atoms with Crippen LogP contribution in [0.15, 0.2) is 315 Å². The molecule has 0 fully saturated rings. The minimum atomic E-state index is -0.538. The Morgan fingerprint density at radius 3 is 0.870 bits per heavy atom. The third-order valence-electron chi connectivity index (χ3n) is 20.9. The zero-order valence-electron chi connectivity index (χ0n) is 50.2. The molecule has 2 heteroatoms. The number of hydrogen-bond donors (Lipinski definition) is 0. The summed E-state index contributed by atoms with van der Waals surface area (Å²) < 4.78 is 4.77. The summed E-state index contributed by atoms with van der Waals surface area (Å²) in [5.41, 5.74) is 34.2. The number of fused-ring (bicyclic) bond motifs is 26. The maximum atomic E-state index is 2.55. The van der Waals surface area contributed by atoms with Crippen molar-refractivity contribution in [1.82, 2.24) is 9.13 Å². The van der Waals surface area contributed by atoms with Crippen molar-refractivity contribution in [3.8, 4) is 67.0 Å². The molecule has 0 atom stereocenters. The number of hydrogen-bond acceptors (Lipinski definition) is 0. The van der Waals surface area contributed by atoms with Crippen LogP contribution in [0.4, 0.5) is 0 Å². The van der Waals surface area contributed by atoms with Gasteiger partial charge in [0, 0.05) is 32.9 Å². The number of para-hydroxylation sites is 4. The Balaban J connectivity index is 0.712. The van der Waals surface area contributed by atoms with Crippen LogP contribution in [0, 0.1) is 0 Å². The van der Waals surface area contributed by atoms with Crippen LogP contribution in [0.25, 0.3) is 135 Å². The van der Waals surface area contributed by atoms with E-state index in [1.165, 1.54) is 177 Å². The van der Waals surface area contributed by atoms with Gasteiger partial charge in [-0.2, -0.15) is 0 Å². The molecule has 16 aromatic rings. The molecule has 0 N–H and O–H groups in total. The molecule has 4 aliphatic rings. The van der Waals surface area contributed by atoms with E-state index in [1.807, 2.05) is 0 Å². The highest BCUT2D eigenvalue weighted by Crippen LogP contribution is 2.65. The standard InChI is InChI=1S/C90H56N2/c1-3-19-63(20-4-1)91-85-33-17-11-27-73(85)75-51-57(41-49-87(75)91)35-37-59-39-45-69-71-47-43-61(55-83(71)89(81(69)53-59)77-29-13-7-23-65(77)66-24-8-14-30-78(66)89)62-44-48-72-70-46-40-60(54-82(70)90(84(72)56-62)79-31-15-9-25-67(79)68-26-10-16-32-80(68)90)38-36-58-42-50-88-76(52-58)74-28-12-18-34-86(74)92(88)64-21-5-2-6-22-64/h1-56H/b37-35+,38-36+. The van der Waals surface area contributed by atoms with Gasteiger partial charge in [-0.3, -0.25) is 0 Å². The summed E-state index contributed by atoms with van der Waals surface area (Å²) >= 11 is 0. The number of rotatable bonds is 7. The zero-order chi connectivity index (χ0) is 60.2. The van der Waals surface area contributed by atoms with Crippen LogP contribution in [0.1, 0.15) is 66.8 Å². The first-order valence-electron chi connectivity index (χ1n) is 32.1. The molecule has 2 aromatic heterocycles. The van der Waals surface area contributed by atoms with Gasteiger partial charge in [0.1, 0.15) is 0 Å². The van der Waals surface area contributed by atoms with Gasteiger partial charge in [0.2, 0.25) is 0 Å². The maximum Gasteiger partial charge on any atom is 0.0725 e. The molecule has 2 nitrogen and oxygen atoms in total. The zero-order valence-corrected chi connectivity index (χ0v) is 50.2. The molecule has 0 radical (unpaired) electrons. The lowest BCUT2D eigenvalue weighted by Gasteiger charge is -2.31. The predicted octanol–water partition coefficient (Wildman–Crippen LogP) is 22.6. The van der Waals surface area contributed by atoms with Crippen molar-refractivity contribution in [2.45, 2.75) is 10.8 Å². The summed E-state index contributed by atoms with van der Waals surface area (Å²) in [5.74, 6) is 0. The van der Waals surface area contributed by atoms with E-state index in [-0.39, 0.29) is 0 Å². The molecule has 2 spiro atoms.